The molecular formula is C57H39Cl3N6O6. The van der Waals surface area contributed by atoms with Crippen LogP contribution in [0.25, 0.3) is 66.5 Å². The van der Waals surface area contributed by atoms with Crippen LogP contribution >= 0.6 is 34.8 Å². The van der Waals surface area contributed by atoms with Gasteiger partial charge in [-0.05, 0) is 124 Å². The van der Waals surface area contributed by atoms with Crippen LogP contribution in [0.15, 0.2) is 146 Å². The van der Waals surface area contributed by atoms with Crippen LogP contribution in [0.2, 0.25) is 15.1 Å². The van der Waals surface area contributed by atoms with Gasteiger partial charge >= 0.3 is 0 Å². The van der Waals surface area contributed by atoms with Gasteiger partial charge in [-0.25, -0.2) is 15.0 Å². The van der Waals surface area contributed by atoms with Gasteiger partial charge in [-0.1, -0.05) is 126 Å². The van der Waals surface area contributed by atoms with Crippen LogP contribution in [0.1, 0.15) is 47.8 Å². The number of nitrogens with zero attached hydrogens (tertiary/aromatic N) is 3. The third-order valence-electron chi connectivity index (χ3n) is 12.4. The zero-order valence-corrected chi connectivity index (χ0v) is 40.7. The Labute approximate surface area is 426 Å². The van der Waals surface area contributed by atoms with Crippen molar-refractivity contribution in [3.8, 4) is 51.4 Å². The van der Waals surface area contributed by atoms with Gasteiger partial charge in [-0.3, -0.25) is 14.4 Å². The molecule has 0 radical (unpaired) electrons. The molecule has 10 aromatic rings. The van der Waals surface area contributed by atoms with Gasteiger partial charge < -0.3 is 31.3 Å². The summed E-state index contributed by atoms with van der Waals surface area (Å²) in [7, 11) is 0. The van der Waals surface area contributed by atoms with Crippen LogP contribution in [0.3, 0.4) is 0 Å². The molecule has 0 bridgehead atoms. The lowest BCUT2D eigenvalue weighted by atomic mass is 9.96. The molecule has 0 aliphatic rings. The minimum Gasteiger partial charge on any atom is -0.506 e. The first kappa shape index (κ1) is 47.1. The zero-order chi connectivity index (χ0) is 50.5. The lowest BCUT2D eigenvalue weighted by Crippen LogP contribution is -2.14. The average molecular weight is 1010 g/mol. The van der Waals surface area contributed by atoms with Gasteiger partial charge in [0.1, 0.15) is 17.2 Å². The van der Waals surface area contributed by atoms with Crippen molar-refractivity contribution in [2.45, 2.75) is 20.8 Å². The van der Waals surface area contributed by atoms with Gasteiger partial charge in [0.05, 0.1) is 33.4 Å². The van der Waals surface area contributed by atoms with E-state index in [0.29, 0.717) is 64.4 Å². The number of carbonyl (C=O) groups is 3. The number of hydrogen-bond acceptors (Lipinski definition) is 9. The lowest BCUT2D eigenvalue weighted by Gasteiger charge is -2.18. The number of fused-ring (bicyclic) bond motifs is 3. The molecule has 3 amide bonds. The summed E-state index contributed by atoms with van der Waals surface area (Å²) in [5.41, 5.74) is 2.97. The molecule has 0 spiro atoms. The van der Waals surface area contributed by atoms with Gasteiger partial charge in [0.25, 0.3) is 17.7 Å². The Balaban J connectivity index is 1.25. The van der Waals surface area contributed by atoms with Crippen LogP contribution < -0.4 is 16.0 Å². The number of halogens is 3. The van der Waals surface area contributed by atoms with Gasteiger partial charge in [0.2, 0.25) is 0 Å². The number of phenolic OH excluding ortho intramolecular Hbond substituents is 3. The number of hydrogen-bond donors (Lipinski definition) is 6. The van der Waals surface area contributed by atoms with Crippen LogP contribution in [-0.2, 0) is 0 Å². The number of benzene rings is 9. The molecule has 0 unspecified atom stereocenters. The van der Waals surface area contributed by atoms with Crippen molar-refractivity contribution in [3.05, 3.63) is 194 Å². The zero-order valence-electron chi connectivity index (χ0n) is 38.4. The topological polar surface area (TPSA) is 187 Å². The molecule has 15 heteroatoms. The van der Waals surface area contributed by atoms with E-state index in [0.717, 1.165) is 16.7 Å². The highest BCUT2D eigenvalue weighted by molar-refractivity contribution is 6.32. The van der Waals surface area contributed by atoms with Crippen molar-refractivity contribution >= 4 is 102 Å². The molecule has 0 fully saturated rings. The average Bonchev–Trinajstić information content (AvgIpc) is 3.36. The van der Waals surface area contributed by atoms with E-state index >= 15 is 0 Å². The lowest BCUT2D eigenvalue weighted by molar-refractivity contribution is 0.101. The summed E-state index contributed by atoms with van der Waals surface area (Å²) in [4.78, 5) is 57.8. The summed E-state index contributed by atoms with van der Waals surface area (Å²) in [5.74, 6) is -4.13. The van der Waals surface area contributed by atoms with Gasteiger partial charge in [-0.15, -0.1) is 0 Å². The first-order valence-corrected chi connectivity index (χ1v) is 23.5. The van der Waals surface area contributed by atoms with E-state index in [9.17, 15) is 29.7 Å². The van der Waals surface area contributed by atoms with Gasteiger partial charge in [0, 0.05) is 32.1 Å². The predicted molar refractivity (Wildman–Crippen MR) is 286 cm³/mol. The fourth-order valence-corrected chi connectivity index (χ4v) is 9.19. The molecule has 0 atom stereocenters. The fourth-order valence-electron chi connectivity index (χ4n) is 8.68. The third kappa shape index (κ3) is 8.83. The molecular weight excluding hydrogens is 971 g/mol. The summed E-state index contributed by atoms with van der Waals surface area (Å²) >= 11 is 19.0. The molecule has 10 rings (SSSR count). The van der Waals surface area contributed by atoms with Crippen molar-refractivity contribution in [1.29, 1.82) is 0 Å². The number of aromatic nitrogens is 3. The smallest absolute Gasteiger partial charge is 0.259 e. The third-order valence-corrected chi connectivity index (χ3v) is 13.2. The van der Waals surface area contributed by atoms with Crippen LogP contribution in [0.5, 0.6) is 17.2 Å². The van der Waals surface area contributed by atoms with Crippen LogP contribution in [0.4, 0.5) is 17.1 Å². The van der Waals surface area contributed by atoms with E-state index in [-0.39, 0.29) is 50.9 Å². The van der Waals surface area contributed by atoms with E-state index in [2.05, 4.69) is 16.0 Å². The molecule has 72 heavy (non-hydrogen) atoms. The Hall–Kier alpha value is -8.55. The SMILES string of the molecule is Cc1ccc(Cl)cc1NC(=O)c1cc2ccccc2c(-c2nc(-c3c(O)c(C(=O)Nc4cc(Cl)ccc4C)cc4ccccc34)nc(-c3c(O)c(C(=O)Nc4cc(Cl)ccc4C)cc4ccccc34)n2)c1O. The second kappa shape index (κ2) is 19.0. The Morgan fingerprint density at radius 2 is 0.653 bits per heavy atom. The normalized spacial score (nSPS) is 11.2. The quantitative estimate of drug-likeness (QED) is 0.0818. The molecule has 0 aliphatic heterocycles. The van der Waals surface area contributed by atoms with E-state index in [1.54, 1.807) is 166 Å². The van der Waals surface area contributed by atoms with Crippen LogP contribution in [-0.4, -0.2) is 48.0 Å². The van der Waals surface area contributed by atoms with Crippen molar-refractivity contribution in [3.63, 3.8) is 0 Å². The maximum Gasteiger partial charge on any atom is 0.259 e. The first-order valence-electron chi connectivity index (χ1n) is 22.4. The Bertz CT molecular complexity index is 3530. The highest BCUT2D eigenvalue weighted by Crippen LogP contribution is 2.45. The number of rotatable bonds is 9. The van der Waals surface area contributed by atoms with Gasteiger partial charge in [-0.2, -0.15) is 0 Å². The number of aromatic hydroxyl groups is 3. The maximum absolute atomic E-state index is 14.3. The minimum atomic E-state index is -0.672. The molecule has 12 nitrogen and oxygen atoms in total. The fraction of sp³-hybridized carbons (Fsp3) is 0.0526. The Kier molecular flexibility index (Phi) is 12.4. The summed E-state index contributed by atoms with van der Waals surface area (Å²) < 4.78 is 0. The number of carbonyl (C=O) groups excluding carboxylic acids is 3. The molecule has 0 saturated carbocycles. The number of nitrogens with one attached hydrogen (secondary N) is 3. The second-order valence-electron chi connectivity index (χ2n) is 17.2. The van der Waals surface area contributed by atoms with E-state index in [4.69, 9.17) is 49.8 Å². The molecule has 354 valence electrons. The highest BCUT2D eigenvalue weighted by atomic mass is 35.5. The molecule has 0 saturated heterocycles. The standard InChI is InChI=1S/C57H39Cl3N6O6/c1-28-16-19-34(58)25-43(28)61-55(70)40-22-31-10-4-7-13-37(31)46(49(40)67)52-64-53(47-38-14-8-5-11-32(38)23-41(50(47)68)56(71)62-44-26-35(59)20-17-29(44)2)66-54(65-52)48-39-15-9-6-12-33(39)24-42(51(48)69)57(72)63-45-27-36(60)21-18-30(45)3/h4-27,67-69H,1-3H3,(H,61,70)(H,62,71)(H,63,72). The van der Waals surface area contributed by atoms with Crippen LogP contribution in [0, 0.1) is 20.8 Å². The minimum absolute atomic E-state index is 0.00536. The molecule has 6 N–H and O–H groups in total. The summed E-state index contributed by atoms with van der Waals surface area (Å²) in [6.07, 6.45) is 0. The number of aryl methyl sites for hydroxylation is 3. The van der Waals surface area contributed by atoms with Crippen molar-refractivity contribution in [1.82, 2.24) is 15.0 Å². The highest BCUT2D eigenvalue weighted by Gasteiger charge is 2.29. The number of amides is 3. The summed E-state index contributed by atoms with van der Waals surface area (Å²) in [6, 6.07) is 40.8. The van der Waals surface area contributed by atoms with Crippen molar-refractivity contribution < 1.29 is 29.7 Å². The number of anilines is 3. The molecule has 0 aliphatic carbocycles. The monoisotopic (exact) mass is 1010 g/mol. The molecule has 9 aromatic carbocycles. The molecule has 1 aromatic heterocycles. The Morgan fingerprint density at radius 3 is 0.931 bits per heavy atom. The predicted octanol–water partition coefficient (Wildman–Crippen LogP) is 14.1. The largest absolute Gasteiger partial charge is 0.506 e. The first-order chi connectivity index (χ1) is 34.6. The maximum atomic E-state index is 14.3. The van der Waals surface area contributed by atoms with E-state index in [1.807, 2.05) is 0 Å². The Morgan fingerprint density at radius 1 is 0.389 bits per heavy atom. The summed E-state index contributed by atoms with van der Waals surface area (Å²) in [6.45, 7) is 5.41. The van der Waals surface area contributed by atoms with Crippen molar-refractivity contribution in [2.75, 3.05) is 16.0 Å². The van der Waals surface area contributed by atoms with Gasteiger partial charge in [0.15, 0.2) is 17.5 Å². The molecule has 1 heterocycles. The summed E-state index contributed by atoms with van der Waals surface area (Å²) in [5, 5.41) is 50.0. The second-order valence-corrected chi connectivity index (χ2v) is 18.5. The van der Waals surface area contributed by atoms with E-state index < -0.39 is 35.0 Å². The number of phenols is 3. The van der Waals surface area contributed by atoms with E-state index in [1.165, 1.54) is 0 Å². The van der Waals surface area contributed by atoms with Crippen molar-refractivity contribution in [2.24, 2.45) is 0 Å².